The highest BCUT2D eigenvalue weighted by molar-refractivity contribution is 7.80. The maximum Gasteiger partial charge on any atom is 0.169 e. The summed E-state index contributed by atoms with van der Waals surface area (Å²) in [6.07, 6.45) is 5.10. The lowest BCUT2D eigenvalue weighted by Crippen LogP contribution is -3.00. The van der Waals surface area contributed by atoms with E-state index in [1.165, 1.54) is 5.56 Å². The number of hydrogen-bond acceptors (Lipinski definition) is 2. The first-order valence-corrected chi connectivity index (χ1v) is 4.79. The molecule has 0 radical (unpaired) electrons. The first kappa shape index (κ1) is 12.9. The topological polar surface area (TPSA) is 29.9 Å². The van der Waals surface area contributed by atoms with Crippen molar-refractivity contribution in [3.05, 3.63) is 30.1 Å². The van der Waals surface area contributed by atoms with Crippen LogP contribution in [0.2, 0.25) is 0 Å². The van der Waals surface area contributed by atoms with Gasteiger partial charge in [0.2, 0.25) is 0 Å². The molecule has 1 rings (SSSR count). The fraction of sp³-hybridized carbons (Fsp3) is 0.444. The zero-order valence-corrected chi connectivity index (χ0v) is 9.97. The maximum absolute atomic E-state index is 5.44. The third kappa shape index (κ3) is 4.64. The third-order valence-electron chi connectivity index (χ3n) is 1.75. The Labute approximate surface area is 95.3 Å². The van der Waals surface area contributed by atoms with Crippen LogP contribution in [0.15, 0.2) is 24.5 Å². The number of halogens is 1. The van der Waals surface area contributed by atoms with Gasteiger partial charge in [-0.2, -0.15) is 12.6 Å². The molecule has 0 spiro atoms. The average molecular weight is 263 g/mol. The second-order valence-corrected chi connectivity index (χ2v) is 3.15. The smallest absolute Gasteiger partial charge is 0.169 e. The summed E-state index contributed by atoms with van der Waals surface area (Å²) in [6.45, 7) is 1.68. The Morgan fingerprint density at radius 2 is 1.92 bits per heavy atom. The highest BCUT2D eigenvalue weighted by atomic mass is 79.9. The van der Waals surface area contributed by atoms with Crippen molar-refractivity contribution < 1.29 is 21.5 Å². The third-order valence-corrected chi connectivity index (χ3v) is 1.95. The lowest BCUT2D eigenvalue weighted by molar-refractivity contribution is -0.692. The number of aromatic nitrogens is 1. The average Bonchev–Trinajstić information content (AvgIpc) is 2.09. The van der Waals surface area contributed by atoms with Crippen LogP contribution < -0.4 is 27.3 Å². The molecule has 0 atom stereocenters. The quantitative estimate of drug-likeness (QED) is 0.453. The molecule has 0 aliphatic heterocycles. The van der Waals surface area contributed by atoms with E-state index in [0.717, 1.165) is 25.3 Å². The van der Waals surface area contributed by atoms with E-state index in [4.69, 9.17) is 5.73 Å². The van der Waals surface area contributed by atoms with Crippen molar-refractivity contribution in [1.82, 2.24) is 0 Å². The summed E-state index contributed by atoms with van der Waals surface area (Å²) >= 11 is 4.16. The molecule has 1 aromatic heterocycles. The van der Waals surface area contributed by atoms with Crippen LogP contribution in [0.5, 0.6) is 0 Å². The lowest BCUT2D eigenvalue weighted by atomic mass is 10.2. The van der Waals surface area contributed by atoms with Crippen molar-refractivity contribution in [2.45, 2.75) is 13.0 Å². The van der Waals surface area contributed by atoms with Crippen LogP contribution in [0.4, 0.5) is 0 Å². The predicted molar refractivity (Wildman–Crippen MR) is 53.2 cm³/mol. The van der Waals surface area contributed by atoms with Crippen LogP contribution in [-0.2, 0) is 13.0 Å². The van der Waals surface area contributed by atoms with Crippen LogP contribution >= 0.6 is 12.6 Å². The van der Waals surface area contributed by atoms with Crippen molar-refractivity contribution in [3.63, 3.8) is 0 Å². The molecule has 13 heavy (non-hydrogen) atoms. The standard InChI is InChI=1S/C9H14N2S.BrH/c10-4-1-9-2-5-11(6-3-9)7-8-12;/h2-3,5-6H,1,4,7-8,10H2;1H. The molecule has 2 N–H and O–H groups in total. The zero-order chi connectivity index (χ0) is 8.81. The molecule has 0 aliphatic rings. The fourth-order valence-electron chi connectivity index (χ4n) is 1.09. The van der Waals surface area contributed by atoms with Crippen molar-refractivity contribution in [1.29, 1.82) is 0 Å². The highest BCUT2D eigenvalue weighted by Crippen LogP contribution is 1.94. The van der Waals surface area contributed by atoms with Crippen molar-refractivity contribution in [3.8, 4) is 0 Å². The van der Waals surface area contributed by atoms with Crippen molar-refractivity contribution in [2.24, 2.45) is 5.73 Å². The van der Waals surface area contributed by atoms with Gasteiger partial charge in [0.1, 0.15) is 0 Å². The van der Waals surface area contributed by atoms with E-state index < -0.39 is 0 Å². The molecule has 0 fully saturated rings. The number of rotatable bonds is 4. The summed E-state index contributed by atoms with van der Waals surface area (Å²) in [5.74, 6) is 0.876. The van der Waals surface area contributed by atoms with E-state index >= 15 is 0 Å². The first-order valence-electron chi connectivity index (χ1n) is 4.15. The van der Waals surface area contributed by atoms with Crippen molar-refractivity contribution in [2.75, 3.05) is 12.3 Å². The molecule has 0 aromatic carbocycles. The van der Waals surface area contributed by atoms with Gasteiger partial charge < -0.3 is 22.7 Å². The summed E-state index contributed by atoms with van der Waals surface area (Å²) in [5, 5.41) is 0. The van der Waals surface area contributed by atoms with Gasteiger partial charge in [-0.05, 0) is 18.5 Å². The minimum Gasteiger partial charge on any atom is -1.00 e. The summed E-state index contributed by atoms with van der Waals surface area (Å²) in [5.41, 5.74) is 6.74. The Bertz CT molecular complexity index is 201. The number of nitrogens with two attached hydrogens (primary N) is 1. The number of nitrogens with zero attached hydrogens (tertiary/aromatic N) is 1. The minimum atomic E-state index is 0. The highest BCUT2D eigenvalue weighted by Gasteiger charge is 1.97. The molecule has 1 heterocycles. The molecule has 4 heteroatoms. The summed E-state index contributed by atoms with van der Waals surface area (Å²) < 4.78 is 2.12. The Kier molecular flexibility index (Phi) is 7.32. The van der Waals surface area contributed by atoms with Gasteiger partial charge in [-0.3, -0.25) is 0 Å². The molecule has 0 unspecified atom stereocenters. The summed E-state index contributed by atoms with van der Waals surface area (Å²) in [7, 11) is 0. The molecular weight excluding hydrogens is 248 g/mol. The van der Waals surface area contributed by atoms with E-state index in [9.17, 15) is 0 Å². The van der Waals surface area contributed by atoms with Gasteiger partial charge >= 0.3 is 0 Å². The lowest BCUT2D eigenvalue weighted by Gasteiger charge is -1.96. The van der Waals surface area contributed by atoms with E-state index in [-0.39, 0.29) is 17.0 Å². The summed E-state index contributed by atoms with van der Waals surface area (Å²) in [6, 6.07) is 4.21. The van der Waals surface area contributed by atoms with Gasteiger partial charge in [-0.1, -0.05) is 0 Å². The van der Waals surface area contributed by atoms with E-state index in [1.54, 1.807) is 0 Å². The summed E-state index contributed by atoms with van der Waals surface area (Å²) in [4.78, 5) is 0. The van der Waals surface area contributed by atoms with Gasteiger partial charge in [-0.25, -0.2) is 4.57 Å². The number of pyridine rings is 1. The Morgan fingerprint density at radius 3 is 2.38 bits per heavy atom. The fourth-order valence-corrected chi connectivity index (χ4v) is 1.32. The van der Waals surface area contributed by atoms with Crippen LogP contribution in [-0.4, -0.2) is 12.3 Å². The minimum absolute atomic E-state index is 0. The molecule has 0 saturated heterocycles. The van der Waals surface area contributed by atoms with Crippen molar-refractivity contribution >= 4 is 12.6 Å². The van der Waals surface area contributed by atoms with Gasteiger partial charge in [0.25, 0.3) is 0 Å². The first-order chi connectivity index (χ1) is 5.86. The van der Waals surface area contributed by atoms with E-state index in [1.807, 2.05) is 0 Å². The van der Waals surface area contributed by atoms with Gasteiger partial charge in [0, 0.05) is 17.9 Å². The van der Waals surface area contributed by atoms with E-state index in [0.29, 0.717) is 0 Å². The van der Waals surface area contributed by atoms with Gasteiger partial charge in [0.05, 0.1) is 0 Å². The van der Waals surface area contributed by atoms with Crippen LogP contribution in [0.3, 0.4) is 0 Å². The zero-order valence-electron chi connectivity index (χ0n) is 7.49. The SMILES string of the molecule is NCCc1cc[n+](CCS)cc1.[Br-]. The molecule has 0 aliphatic carbocycles. The van der Waals surface area contributed by atoms with Crippen LogP contribution in [0, 0.1) is 0 Å². The number of aryl methyl sites for hydroxylation is 1. The Morgan fingerprint density at radius 1 is 1.31 bits per heavy atom. The van der Waals surface area contributed by atoms with Gasteiger partial charge in [0.15, 0.2) is 18.9 Å². The monoisotopic (exact) mass is 262 g/mol. The largest absolute Gasteiger partial charge is 1.00 e. The number of hydrogen-bond donors (Lipinski definition) is 2. The Hall–Kier alpha value is -0.0600. The molecule has 1 aromatic rings. The second-order valence-electron chi connectivity index (χ2n) is 2.71. The molecule has 74 valence electrons. The molecule has 0 bridgehead atoms. The molecule has 0 saturated carbocycles. The number of thiol groups is 1. The second kappa shape index (κ2) is 7.35. The maximum atomic E-state index is 5.44. The molecule has 2 nitrogen and oxygen atoms in total. The predicted octanol–water partition coefficient (Wildman–Crippen LogP) is -2.59. The molecular formula is C9H15BrN2S. The molecule has 0 amide bonds. The van der Waals surface area contributed by atoms with Crippen LogP contribution in [0.25, 0.3) is 0 Å². The van der Waals surface area contributed by atoms with E-state index in [2.05, 4.69) is 41.7 Å². The Balaban J connectivity index is 0.00000144. The normalized spacial score (nSPS) is 9.38. The van der Waals surface area contributed by atoms with Crippen LogP contribution in [0.1, 0.15) is 5.56 Å². The van der Waals surface area contributed by atoms with Gasteiger partial charge in [-0.15, -0.1) is 0 Å².